The predicted octanol–water partition coefficient (Wildman–Crippen LogP) is 1.32. The number of aromatic nitrogens is 1. The Morgan fingerprint density at radius 1 is 0.909 bits per heavy atom. The van der Waals surface area contributed by atoms with Gasteiger partial charge in [-0.25, -0.2) is 0 Å². The first-order valence-electron chi connectivity index (χ1n) is 3.26. The number of rotatable bonds is 0. The Labute approximate surface area is 76.2 Å². The molecule has 0 aliphatic rings. The summed E-state index contributed by atoms with van der Waals surface area (Å²) in [6.07, 6.45) is 1.81. The summed E-state index contributed by atoms with van der Waals surface area (Å²) in [5.74, 6) is 0. The molecule has 0 unspecified atom stereocenters. The summed E-state index contributed by atoms with van der Waals surface area (Å²) >= 11 is 0. The summed E-state index contributed by atoms with van der Waals surface area (Å²) in [5, 5.41) is 1.20. The van der Waals surface area contributed by atoms with E-state index in [1.165, 1.54) is 5.39 Å². The number of fused-ring (bicyclic) bond motifs is 1. The Morgan fingerprint density at radius 2 is 1.64 bits per heavy atom. The van der Waals surface area contributed by atoms with E-state index in [0.717, 1.165) is 5.52 Å². The van der Waals surface area contributed by atoms with Crippen molar-refractivity contribution in [3.63, 3.8) is 0 Å². The van der Waals surface area contributed by atoms with E-state index < -0.39 is 0 Å². The number of hydrogen-bond donors (Lipinski definition) is 0. The van der Waals surface area contributed by atoms with Crippen LogP contribution in [-0.4, -0.2) is 22.3 Å². The van der Waals surface area contributed by atoms with Crippen LogP contribution in [0.3, 0.4) is 0 Å². The maximum absolute atomic E-state index is 4.18. The van der Waals surface area contributed by atoms with Gasteiger partial charge < -0.3 is 0 Å². The Kier molecular flexibility index (Phi) is 2.65. The minimum absolute atomic E-state index is 0. The van der Waals surface area contributed by atoms with Crippen molar-refractivity contribution in [1.29, 1.82) is 0 Å². The van der Waals surface area contributed by atoms with Gasteiger partial charge in [0.2, 0.25) is 0 Å². The average molecular weight is 158 g/mol. The van der Waals surface area contributed by atoms with Crippen LogP contribution in [-0.2, 0) is 0 Å². The molecule has 2 rings (SSSR count). The lowest BCUT2D eigenvalue weighted by Crippen LogP contribution is -1.73. The summed E-state index contributed by atoms with van der Waals surface area (Å²) in [5.41, 5.74) is 1.06. The number of hydrogen-bond acceptors (Lipinski definition) is 1. The van der Waals surface area contributed by atoms with Crippen molar-refractivity contribution in [2.45, 2.75) is 0 Å². The Balaban J connectivity index is 0.000000605. The van der Waals surface area contributed by atoms with Gasteiger partial charge in [0.15, 0.2) is 0 Å². The van der Waals surface area contributed by atoms with E-state index in [1.807, 2.05) is 30.5 Å². The van der Waals surface area contributed by atoms with Crippen LogP contribution in [0.25, 0.3) is 10.9 Å². The van der Waals surface area contributed by atoms with Gasteiger partial charge in [-0.1, -0.05) is 24.3 Å². The second-order valence-corrected chi connectivity index (χ2v) is 2.20. The molecule has 0 bridgehead atoms. The second kappa shape index (κ2) is 3.52. The van der Waals surface area contributed by atoms with Crippen LogP contribution in [0.2, 0.25) is 0 Å². The first-order chi connectivity index (χ1) is 4.97. The fourth-order valence-electron chi connectivity index (χ4n) is 1.02. The smallest absolute Gasteiger partial charge is 0.146 e. The summed E-state index contributed by atoms with van der Waals surface area (Å²) in [7, 11) is 0. The standard InChI is InChI=1S/C9H7N.Al.2H/c1-2-6-9-8(4-1)5-3-7-10-9;;;/h1-7H;;;. The molecule has 0 spiro atoms. The SMILES string of the molecule is [AlH2].c1ccc2ncccc2c1. The first kappa shape index (κ1) is 8.26. The van der Waals surface area contributed by atoms with Crippen molar-refractivity contribution >= 4 is 28.3 Å². The molecule has 1 heterocycles. The van der Waals surface area contributed by atoms with E-state index in [9.17, 15) is 0 Å². The van der Waals surface area contributed by atoms with Crippen molar-refractivity contribution in [2.75, 3.05) is 0 Å². The molecule has 0 amide bonds. The van der Waals surface area contributed by atoms with E-state index in [0.29, 0.717) is 0 Å². The van der Waals surface area contributed by atoms with Gasteiger partial charge in [0.05, 0.1) is 5.52 Å². The molecular formula is C9H9AlN. The van der Waals surface area contributed by atoms with Crippen molar-refractivity contribution < 1.29 is 0 Å². The Morgan fingerprint density at radius 3 is 2.45 bits per heavy atom. The third-order valence-electron chi connectivity index (χ3n) is 1.51. The van der Waals surface area contributed by atoms with E-state index in [1.54, 1.807) is 0 Å². The number of nitrogens with zero attached hydrogens (tertiary/aromatic N) is 1. The second-order valence-electron chi connectivity index (χ2n) is 2.20. The highest BCUT2D eigenvalue weighted by molar-refractivity contribution is 5.77. The molecular weight excluding hydrogens is 149 g/mol. The topological polar surface area (TPSA) is 12.9 Å². The highest BCUT2D eigenvalue weighted by atomic mass is 27.0. The lowest BCUT2D eigenvalue weighted by Gasteiger charge is -1.91. The van der Waals surface area contributed by atoms with Crippen molar-refractivity contribution in [3.8, 4) is 0 Å². The molecule has 1 radical (unpaired) electrons. The van der Waals surface area contributed by atoms with Crippen LogP contribution < -0.4 is 0 Å². The molecule has 0 saturated heterocycles. The van der Waals surface area contributed by atoms with Crippen LogP contribution in [0.15, 0.2) is 42.6 Å². The molecule has 1 aromatic heterocycles. The first-order valence-corrected chi connectivity index (χ1v) is 3.26. The van der Waals surface area contributed by atoms with Gasteiger partial charge in [-0.15, -0.1) is 0 Å². The molecule has 11 heavy (non-hydrogen) atoms. The third-order valence-corrected chi connectivity index (χ3v) is 1.51. The molecule has 0 fully saturated rings. The lowest BCUT2D eigenvalue weighted by molar-refractivity contribution is 1.41. The zero-order valence-corrected chi connectivity index (χ0v) is 8.49. The normalized spacial score (nSPS) is 9.09. The van der Waals surface area contributed by atoms with Crippen molar-refractivity contribution in [1.82, 2.24) is 4.98 Å². The number of benzene rings is 1. The fraction of sp³-hybridized carbons (Fsp3) is 0. The van der Waals surface area contributed by atoms with Gasteiger partial charge in [-0.05, 0) is 12.1 Å². The molecule has 0 N–H and O–H groups in total. The Bertz CT molecular complexity index is 281. The van der Waals surface area contributed by atoms with Crippen molar-refractivity contribution in [3.05, 3.63) is 42.6 Å². The van der Waals surface area contributed by atoms with Gasteiger partial charge in [0.1, 0.15) is 17.4 Å². The highest BCUT2D eigenvalue weighted by Gasteiger charge is 1.86. The van der Waals surface area contributed by atoms with E-state index in [4.69, 9.17) is 0 Å². The zero-order valence-electron chi connectivity index (χ0n) is 6.49. The van der Waals surface area contributed by atoms with E-state index >= 15 is 0 Å². The van der Waals surface area contributed by atoms with E-state index in [2.05, 4.69) is 17.1 Å². The van der Waals surface area contributed by atoms with Crippen LogP contribution in [0.1, 0.15) is 0 Å². The minimum atomic E-state index is 0. The van der Waals surface area contributed by atoms with Gasteiger partial charge in [-0.2, -0.15) is 0 Å². The summed E-state index contributed by atoms with van der Waals surface area (Å²) < 4.78 is 0. The molecule has 0 atom stereocenters. The highest BCUT2D eigenvalue weighted by Crippen LogP contribution is 2.07. The van der Waals surface area contributed by atoms with Gasteiger partial charge >= 0.3 is 0 Å². The van der Waals surface area contributed by atoms with Gasteiger partial charge in [0.25, 0.3) is 0 Å². The van der Waals surface area contributed by atoms with E-state index in [-0.39, 0.29) is 17.4 Å². The summed E-state index contributed by atoms with van der Waals surface area (Å²) in [6.45, 7) is 0. The maximum Gasteiger partial charge on any atom is 0.146 e. The average Bonchev–Trinajstić information content (AvgIpc) is 2.05. The predicted molar refractivity (Wildman–Crippen MR) is 50.3 cm³/mol. The molecule has 0 saturated carbocycles. The Hall–Kier alpha value is -0.838. The molecule has 1 aromatic carbocycles. The zero-order chi connectivity index (χ0) is 6.81. The monoisotopic (exact) mass is 158 g/mol. The molecule has 0 aliphatic carbocycles. The molecule has 2 heteroatoms. The largest absolute Gasteiger partial charge is 0.256 e. The minimum Gasteiger partial charge on any atom is -0.256 e. The molecule has 53 valence electrons. The fourth-order valence-corrected chi connectivity index (χ4v) is 1.02. The van der Waals surface area contributed by atoms with Gasteiger partial charge in [0, 0.05) is 11.6 Å². The maximum atomic E-state index is 4.18. The summed E-state index contributed by atoms with van der Waals surface area (Å²) in [4.78, 5) is 4.18. The van der Waals surface area contributed by atoms with Crippen LogP contribution in [0.5, 0.6) is 0 Å². The summed E-state index contributed by atoms with van der Waals surface area (Å²) in [6, 6.07) is 12.1. The quantitative estimate of drug-likeness (QED) is 0.527. The number of para-hydroxylation sites is 1. The molecule has 1 nitrogen and oxygen atoms in total. The van der Waals surface area contributed by atoms with Crippen LogP contribution in [0, 0.1) is 0 Å². The van der Waals surface area contributed by atoms with Crippen molar-refractivity contribution in [2.24, 2.45) is 0 Å². The van der Waals surface area contributed by atoms with Gasteiger partial charge in [-0.3, -0.25) is 4.98 Å². The lowest BCUT2D eigenvalue weighted by atomic mass is 10.2. The molecule has 2 aromatic rings. The third kappa shape index (κ3) is 1.60. The van der Waals surface area contributed by atoms with Crippen LogP contribution >= 0.6 is 0 Å². The number of pyridine rings is 1. The molecule has 0 aliphatic heterocycles. The van der Waals surface area contributed by atoms with Crippen LogP contribution in [0.4, 0.5) is 0 Å².